The first kappa shape index (κ1) is 17.5. The van der Waals surface area contributed by atoms with Gasteiger partial charge >= 0.3 is 6.09 Å². The van der Waals surface area contributed by atoms with Gasteiger partial charge in [-0.15, -0.1) is 0 Å². The number of nitrogens with zero attached hydrogens (tertiary/aromatic N) is 2. The van der Waals surface area contributed by atoms with Crippen LogP contribution in [0.4, 0.5) is 4.79 Å². The van der Waals surface area contributed by atoms with Crippen molar-refractivity contribution in [2.75, 3.05) is 33.4 Å². The fraction of sp³-hybridized carbons (Fsp3) is 0.846. The molecule has 1 heterocycles. The monoisotopic (exact) mass is 301 g/mol. The van der Waals surface area contributed by atoms with Gasteiger partial charge in [0.15, 0.2) is 0 Å². The first-order valence-corrected chi connectivity index (χ1v) is 7.32. The lowest BCUT2D eigenvalue weighted by atomic mass is 10.1. The van der Waals surface area contributed by atoms with Gasteiger partial charge in [0.2, 0.25) is 5.96 Å². The second kappa shape index (κ2) is 9.41. The fourth-order valence-corrected chi connectivity index (χ4v) is 2.22. The van der Waals surface area contributed by atoms with Crippen molar-refractivity contribution in [2.24, 2.45) is 10.8 Å². The molecule has 0 aliphatic carbocycles. The smallest absolute Gasteiger partial charge is 0.409 e. The van der Waals surface area contributed by atoms with Crippen LogP contribution in [0.1, 0.15) is 26.7 Å². The number of amides is 1. The number of ether oxygens (including phenoxy) is 2. The molecule has 1 amide bonds. The van der Waals surface area contributed by atoms with Gasteiger partial charge in [-0.3, -0.25) is 5.43 Å². The zero-order chi connectivity index (χ0) is 15.7. The molecular weight excluding hydrogens is 274 g/mol. The third kappa shape index (κ3) is 6.17. The van der Waals surface area contributed by atoms with Gasteiger partial charge in [-0.1, -0.05) is 0 Å². The van der Waals surface area contributed by atoms with Crippen LogP contribution >= 0.6 is 0 Å². The average Bonchev–Trinajstić information content (AvgIpc) is 2.47. The molecule has 0 aromatic carbocycles. The van der Waals surface area contributed by atoms with E-state index >= 15 is 0 Å². The van der Waals surface area contributed by atoms with E-state index in [9.17, 15) is 4.79 Å². The van der Waals surface area contributed by atoms with Crippen LogP contribution < -0.4 is 16.6 Å². The van der Waals surface area contributed by atoms with Crippen molar-refractivity contribution in [3.8, 4) is 0 Å². The highest BCUT2D eigenvalue weighted by Gasteiger charge is 2.23. The molecule has 0 aromatic heterocycles. The number of hydrogen-bond acceptors (Lipinski definition) is 5. The summed E-state index contributed by atoms with van der Waals surface area (Å²) in [4.78, 5) is 17.9. The molecule has 1 aliphatic heterocycles. The Bertz CT molecular complexity index is 343. The minimum Gasteiger partial charge on any atom is -0.450 e. The lowest BCUT2D eigenvalue weighted by molar-refractivity contribution is 0.0975. The lowest BCUT2D eigenvalue weighted by Gasteiger charge is -2.30. The number of carbonyl (C=O) groups excluding carboxylic acids is 1. The van der Waals surface area contributed by atoms with Crippen LogP contribution in [0.3, 0.4) is 0 Å². The Labute approximate surface area is 126 Å². The first-order valence-electron chi connectivity index (χ1n) is 7.32. The van der Waals surface area contributed by atoms with Crippen molar-refractivity contribution in [2.45, 2.75) is 38.8 Å². The normalized spacial score (nSPS) is 18.3. The number of carbonyl (C=O) groups is 1. The summed E-state index contributed by atoms with van der Waals surface area (Å²) in [5.41, 5.74) is 2.57. The van der Waals surface area contributed by atoms with Crippen molar-refractivity contribution in [1.29, 1.82) is 0 Å². The number of nitrogens with one attached hydrogen (secondary N) is 2. The average molecular weight is 301 g/mol. The van der Waals surface area contributed by atoms with Gasteiger partial charge in [0, 0.05) is 26.2 Å². The second-order valence-corrected chi connectivity index (χ2v) is 5.04. The molecule has 1 fully saturated rings. The maximum absolute atomic E-state index is 11.6. The maximum atomic E-state index is 11.6. The topological polar surface area (TPSA) is 101 Å². The Balaban J connectivity index is 2.44. The van der Waals surface area contributed by atoms with Crippen LogP contribution in [-0.4, -0.2) is 62.4 Å². The molecule has 0 radical (unpaired) electrons. The number of guanidine groups is 1. The molecule has 1 atom stereocenters. The Kier molecular flexibility index (Phi) is 7.84. The maximum Gasteiger partial charge on any atom is 0.409 e. The number of hydrogen-bond donors (Lipinski definition) is 3. The largest absolute Gasteiger partial charge is 0.450 e. The minimum absolute atomic E-state index is 0.115. The molecule has 8 heteroatoms. The van der Waals surface area contributed by atoms with Gasteiger partial charge in [0.1, 0.15) is 0 Å². The van der Waals surface area contributed by atoms with Crippen LogP contribution in [-0.2, 0) is 9.47 Å². The van der Waals surface area contributed by atoms with Gasteiger partial charge in [0.05, 0.1) is 19.3 Å². The molecule has 1 aliphatic rings. The zero-order valence-corrected chi connectivity index (χ0v) is 13.1. The number of aliphatic imine (C=N–C) groups is 1. The van der Waals surface area contributed by atoms with Crippen molar-refractivity contribution < 1.29 is 14.3 Å². The Morgan fingerprint density at radius 3 is 2.67 bits per heavy atom. The number of rotatable bonds is 5. The number of hydrazine groups is 1. The van der Waals surface area contributed by atoms with E-state index in [1.807, 2.05) is 6.92 Å². The van der Waals surface area contributed by atoms with Gasteiger partial charge in [0.25, 0.3) is 0 Å². The molecule has 0 bridgehead atoms. The van der Waals surface area contributed by atoms with Crippen molar-refractivity contribution in [3.05, 3.63) is 0 Å². The molecule has 122 valence electrons. The molecule has 1 unspecified atom stereocenters. The summed E-state index contributed by atoms with van der Waals surface area (Å²) in [6.45, 7) is 6.07. The summed E-state index contributed by atoms with van der Waals surface area (Å²) in [6.07, 6.45) is 1.35. The number of likely N-dealkylation sites (tertiary alicyclic amines) is 1. The second-order valence-electron chi connectivity index (χ2n) is 5.04. The predicted molar refractivity (Wildman–Crippen MR) is 80.8 cm³/mol. The highest BCUT2D eigenvalue weighted by Crippen LogP contribution is 2.14. The lowest BCUT2D eigenvalue weighted by Crippen LogP contribution is -2.48. The van der Waals surface area contributed by atoms with E-state index in [-0.39, 0.29) is 18.2 Å². The summed E-state index contributed by atoms with van der Waals surface area (Å²) in [7, 11) is 1.65. The zero-order valence-electron chi connectivity index (χ0n) is 13.1. The van der Waals surface area contributed by atoms with Gasteiger partial charge in [-0.05, 0) is 26.7 Å². The van der Waals surface area contributed by atoms with Gasteiger partial charge in [-0.25, -0.2) is 15.6 Å². The van der Waals surface area contributed by atoms with Gasteiger partial charge < -0.3 is 19.7 Å². The summed E-state index contributed by atoms with van der Waals surface area (Å²) in [5, 5.41) is 3.15. The van der Waals surface area contributed by atoms with Crippen LogP contribution in [0, 0.1) is 0 Å². The fourth-order valence-electron chi connectivity index (χ4n) is 2.22. The van der Waals surface area contributed by atoms with E-state index in [1.54, 1.807) is 18.9 Å². The van der Waals surface area contributed by atoms with Crippen LogP contribution in [0.5, 0.6) is 0 Å². The van der Waals surface area contributed by atoms with Crippen LogP contribution in [0.15, 0.2) is 4.99 Å². The Morgan fingerprint density at radius 2 is 2.14 bits per heavy atom. The SMILES string of the molecule is CCOC(=O)N1CCC(N=C(NN)NC(C)COC)CC1. The number of piperidine rings is 1. The van der Waals surface area contributed by atoms with Crippen LogP contribution in [0.2, 0.25) is 0 Å². The highest BCUT2D eigenvalue weighted by molar-refractivity contribution is 5.79. The highest BCUT2D eigenvalue weighted by atomic mass is 16.6. The third-order valence-corrected chi connectivity index (χ3v) is 3.24. The predicted octanol–water partition coefficient (Wildman–Crippen LogP) is 0.0511. The first-order chi connectivity index (χ1) is 10.1. The molecular formula is C13H27N5O3. The van der Waals surface area contributed by atoms with Crippen molar-refractivity contribution >= 4 is 12.1 Å². The Morgan fingerprint density at radius 1 is 1.48 bits per heavy atom. The molecule has 0 spiro atoms. The molecule has 8 nitrogen and oxygen atoms in total. The van der Waals surface area contributed by atoms with Crippen molar-refractivity contribution in [3.63, 3.8) is 0 Å². The van der Waals surface area contributed by atoms with Gasteiger partial charge in [-0.2, -0.15) is 0 Å². The molecule has 1 saturated heterocycles. The molecule has 21 heavy (non-hydrogen) atoms. The van der Waals surface area contributed by atoms with E-state index in [4.69, 9.17) is 15.3 Å². The third-order valence-electron chi connectivity index (χ3n) is 3.24. The summed E-state index contributed by atoms with van der Waals surface area (Å²) in [5.74, 6) is 6.03. The number of nitrogens with two attached hydrogens (primary N) is 1. The standard InChI is InChI=1S/C13H27N5O3/c1-4-21-13(19)18-7-5-11(6-8-18)16-12(17-14)15-10(2)9-20-3/h10-11H,4-9,14H2,1-3H3,(H2,15,16,17). The van der Waals surface area contributed by atoms with E-state index in [1.165, 1.54) is 0 Å². The van der Waals surface area contributed by atoms with E-state index in [2.05, 4.69) is 15.7 Å². The summed E-state index contributed by atoms with van der Waals surface area (Å²) >= 11 is 0. The number of methoxy groups -OCH3 is 1. The van der Waals surface area contributed by atoms with E-state index in [0.717, 1.165) is 12.8 Å². The minimum atomic E-state index is -0.246. The van der Waals surface area contributed by atoms with Crippen LogP contribution in [0.25, 0.3) is 0 Å². The molecule has 4 N–H and O–H groups in total. The van der Waals surface area contributed by atoms with E-state index in [0.29, 0.717) is 32.3 Å². The molecule has 1 rings (SSSR count). The summed E-state index contributed by atoms with van der Waals surface area (Å²) < 4.78 is 10.0. The quantitative estimate of drug-likeness (QED) is 0.287. The van der Waals surface area contributed by atoms with E-state index < -0.39 is 0 Å². The van der Waals surface area contributed by atoms with Crippen molar-refractivity contribution in [1.82, 2.24) is 15.6 Å². The molecule has 0 saturated carbocycles. The Hall–Kier alpha value is -1.54. The molecule has 0 aromatic rings. The summed E-state index contributed by atoms with van der Waals surface area (Å²) in [6, 6.07) is 0.258.